The molecular weight excluding hydrogens is 396 g/mol. The summed E-state index contributed by atoms with van der Waals surface area (Å²) in [7, 11) is 0. The average Bonchev–Trinajstić information content (AvgIpc) is 3.35. The molecule has 0 saturated carbocycles. The minimum atomic E-state index is -0.250. The number of benzene rings is 2. The fourth-order valence-electron chi connectivity index (χ4n) is 4.67. The molecule has 3 aliphatic heterocycles. The third-order valence-corrected chi connectivity index (χ3v) is 6.07. The number of fused-ring (bicyclic) bond motifs is 2. The first-order valence-corrected chi connectivity index (χ1v) is 11.0. The summed E-state index contributed by atoms with van der Waals surface area (Å²) < 4.78 is 24.0. The minimum absolute atomic E-state index is 0.0663. The van der Waals surface area contributed by atoms with E-state index in [1.54, 1.807) is 0 Å². The van der Waals surface area contributed by atoms with E-state index in [-0.39, 0.29) is 31.3 Å². The molecule has 1 saturated heterocycles. The molecule has 2 N–H and O–H groups in total. The van der Waals surface area contributed by atoms with Crippen LogP contribution >= 0.6 is 0 Å². The van der Waals surface area contributed by atoms with Crippen LogP contribution in [0.5, 0.6) is 23.0 Å². The van der Waals surface area contributed by atoms with Crippen LogP contribution in [-0.4, -0.2) is 49.5 Å². The van der Waals surface area contributed by atoms with Crippen LogP contribution in [0.15, 0.2) is 36.4 Å². The lowest BCUT2D eigenvalue weighted by Crippen LogP contribution is -2.60. The van der Waals surface area contributed by atoms with Gasteiger partial charge in [0.2, 0.25) is 6.79 Å². The molecule has 2 aromatic rings. The van der Waals surface area contributed by atoms with Gasteiger partial charge in [-0.25, -0.2) is 0 Å². The van der Waals surface area contributed by atoms with E-state index in [2.05, 4.69) is 30.1 Å². The molecule has 0 radical (unpaired) electrons. The molecule has 0 spiro atoms. The van der Waals surface area contributed by atoms with E-state index < -0.39 is 0 Å². The van der Waals surface area contributed by atoms with Crippen LogP contribution in [-0.2, 0) is 6.42 Å². The highest BCUT2D eigenvalue weighted by molar-refractivity contribution is 5.58. The van der Waals surface area contributed by atoms with Crippen LogP contribution in [0.1, 0.15) is 32.3 Å². The first-order valence-electron chi connectivity index (χ1n) is 11.0. The molecule has 0 bridgehead atoms. The summed E-state index contributed by atoms with van der Waals surface area (Å²) in [4.78, 5) is 2.26. The summed E-state index contributed by atoms with van der Waals surface area (Å²) in [5.41, 5.74) is 1.96. The summed E-state index contributed by atoms with van der Waals surface area (Å²) in [6.07, 6.45) is 2.13. The van der Waals surface area contributed by atoms with Crippen LogP contribution in [0.25, 0.3) is 0 Å². The van der Waals surface area contributed by atoms with Crippen molar-refractivity contribution in [2.75, 3.05) is 31.4 Å². The molecule has 3 aliphatic rings. The quantitative estimate of drug-likeness (QED) is 0.735. The molecule has 166 valence electrons. The van der Waals surface area contributed by atoms with E-state index in [1.165, 1.54) is 5.56 Å². The van der Waals surface area contributed by atoms with Gasteiger partial charge in [-0.15, -0.1) is 0 Å². The van der Waals surface area contributed by atoms with E-state index >= 15 is 0 Å². The summed E-state index contributed by atoms with van der Waals surface area (Å²) in [5, 5.41) is 13.0. The third kappa shape index (κ3) is 4.00. The Morgan fingerprint density at radius 1 is 1.19 bits per heavy atom. The number of hydrogen-bond acceptors (Lipinski definition) is 7. The number of aliphatic hydroxyl groups excluding tert-OH is 1. The molecule has 2 unspecified atom stereocenters. The monoisotopic (exact) mass is 426 g/mol. The molecular formula is C24H30N2O5. The number of para-hydroxylation sites is 1. The molecule has 2 aromatic carbocycles. The Hall–Kier alpha value is -2.64. The van der Waals surface area contributed by atoms with Gasteiger partial charge < -0.3 is 34.3 Å². The normalized spacial score (nSPS) is 23.4. The van der Waals surface area contributed by atoms with Crippen molar-refractivity contribution in [3.63, 3.8) is 0 Å². The highest BCUT2D eigenvalue weighted by atomic mass is 16.7. The van der Waals surface area contributed by atoms with Crippen molar-refractivity contribution in [1.29, 1.82) is 0 Å². The van der Waals surface area contributed by atoms with Gasteiger partial charge in [0.15, 0.2) is 29.2 Å². The van der Waals surface area contributed by atoms with Crippen LogP contribution in [0.2, 0.25) is 0 Å². The predicted octanol–water partition coefficient (Wildman–Crippen LogP) is 3.08. The van der Waals surface area contributed by atoms with Crippen molar-refractivity contribution < 1.29 is 24.1 Å². The third-order valence-electron chi connectivity index (χ3n) is 6.07. The lowest BCUT2D eigenvalue weighted by atomic mass is 10.0. The zero-order valence-corrected chi connectivity index (χ0v) is 18.1. The van der Waals surface area contributed by atoms with Crippen LogP contribution in [0.4, 0.5) is 5.69 Å². The van der Waals surface area contributed by atoms with E-state index in [0.717, 1.165) is 54.6 Å². The zero-order valence-electron chi connectivity index (χ0n) is 18.1. The Morgan fingerprint density at radius 3 is 2.94 bits per heavy atom. The van der Waals surface area contributed by atoms with Gasteiger partial charge >= 0.3 is 0 Å². The molecule has 7 nitrogen and oxygen atoms in total. The van der Waals surface area contributed by atoms with Crippen molar-refractivity contribution in [2.45, 2.75) is 51.0 Å². The second-order valence-electron chi connectivity index (χ2n) is 8.95. The summed E-state index contributed by atoms with van der Waals surface area (Å²) >= 11 is 0. The van der Waals surface area contributed by atoms with E-state index in [4.69, 9.17) is 18.9 Å². The Balaban J connectivity index is 1.47. The smallest absolute Gasteiger partial charge is 0.231 e. The van der Waals surface area contributed by atoms with Gasteiger partial charge in [-0.2, -0.15) is 0 Å². The van der Waals surface area contributed by atoms with Crippen molar-refractivity contribution in [2.24, 2.45) is 0 Å². The standard InChI is InChI=1S/C24H30N2O5/c1-24(2)14-16-5-3-7-20(22(16)31-24)30-23-18(6-4-12-27)25-10-11-26(23)17-8-9-19-21(13-17)29-15-28-19/h3,5,7-9,13,18,23,25,27H,4,6,10-12,14-15H2,1-2H3. The number of ether oxygens (including phenoxy) is 4. The lowest BCUT2D eigenvalue weighted by Gasteiger charge is -2.43. The van der Waals surface area contributed by atoms with Crippen molar-refractivity contribution in [1.82, 2.24) is 5.32 Å². The molecule has 7 heteroatoms. The second kappa shape index (κ2) is 8.13. The van der Waals surface area contributed by atoms with Gasteiger partial charge in [0, 0.05) is 43.4 Å². The van der Waals surface area contributed by atoms with Gasteiger partial charge in [0.1, 0.15) is 5.60 Å². The fraction of sp³-hybridized carbons (Fsp3) is 0.500. The Morgan fingerprint density at radius 2 is 2.06 bits per heavy atom. The molecule has 2 atom stereocenters. The summed E-state index contributed by atoms with van der Waals surface area (Å²) in [5.74, 6) is 3.12. The van der Waals surface area contributed by atoms with E-state index in [1.807, 2.05) is 30.3 Å². The van der Waals surface area contributed by atoms with Gasteiger partial charge in [-0.1, -0.05) is 12.1 Å². The predicted molar refractivity (Wildman–Crippen MR) is 117 cm³/mol. The first-order chi connectivity index (χ1) is 15.0. The Kier molecular flexibility index (Phi) is 5.32. The molecule has 0 aliphatic carbocycles. The van der Waals surface area contributed by atoms with E-state index in [9.17, 15) is 5.11 Å². The molecule has 1 fully saturated rings. The van der Waals surface area contributed by atoms with Gasteiger partial charge in [0.05, 0.1) is 6.04 Å². The van der Waals surface area contributed by atoms with Crippen molar-refractivity contribution >= 4 is 5.69 Å². The topological polar surface area (TPSA) is 72.4 Å². The zero-order chi connectivity index (χ0) is 21.4. The average molecular weight is 427 g/mol. The SMILES string of the molecule is CC1(C)Cc2cccc(OC3C(CCCO)NCCN3c3ccc4c(c3)OCO4)c2O1. The maximum atomic E-state index is 9.41. The number of nitrogens with one attached hydrogen (secondary N) is 1. The van der Waals surface area contributed by atoms with Gasteiger partial charge in [-0.3, -0.25) is 0 Å². The molecule has 31 heavy (non-hydrogen) atoms. The van der Waals surface area contributed by atoms with E-state index in [0.29, 0.717) is 6.42 Å². The first kappa shape index (κ1) is 20.3. The van der Waals surface area contributed by atoms with Crippen molar-refractivity contribution in [3.8, 4) is 23.0 Å². The van der Waals surface area contributed by atoms with Crippen LogP contribution in [0.3, 0.4) is 0 Å². The molecule has 5 rings (SSSR count). The van der Waals surface area contributed by atoms with Crippen LogP contribution < -0.4 is 29.2 Å². The fourth-order valence-corrected chi connectivity index (χ4v) is 4.67. The molecule has 3 heterocycles. The largest absolute Gasteiger partial charge is 0.483 e. The maximum absolute atomic E-state index is 9.41. The Bertz CT molecular complexity index is 948. The highest BCUT2D eigenvalue weighted by Gasteiger charge is 2.37. The Labute approximate surface area is 182 Å². The van der Waals surface area contributed by atoms with Gasteiger partial charge in [-0.05, 0) is 44.9 Å². The number of rotatable bonds is 6. The number of nitrogens with zero attached hydrogens (tertiary/aromatic N) is 1. The minimum Gasteiger partial charge on any atom is -0.483 e. The maximum Gasteiger partial charge on any atom is 0.231 e. The highest BCUT2D eigenvalue weighted by Crippen LogP contribution is 2.43. The lowest BCUT2D eigenvalue weighted by molar-refractivity contribution is 0.100. The molecule has 0 aromatic heterocycles. The summed E-state index contributed by atoms with van der Waals surface area (Å²) in [6.45, 7) is 6.24. The van der Waals surface area contributed by atoms with Crippen LogP contribution in [0, 0.1) is 0 Å². The van der Waals surface area contributed by atoms with Gasteiger partial charge in [0.25, 0.3) is 0 Å². The van der Waals surface area contributed by atoms with Crippen molar-refractivity contribution in [3.05, 3.63) is 42.0 Å². The summed E-state index contributed by atoms with van der Waals surface area (Å²) in [6, 6.07) is 12.2. The molecule has 0 amide bonds. The number of aliphatic hydroxyl groups is 1. The second-order valence-corrected chi connectivity index (χ2v) is 8.95. The number of anilines is 1. The number of hydrogen-bond donors (Lipinski definition) is 2. The number of piperazine rings is 1.